The molecule has 1 atom stereocenters. The third kappa shape index (κ3) is 2.41. The Balaban J connectivity index is 1.76. The van der Waals surface area contributed by atoms with Gasteiger partial charge in [0.25, 0.3) is 5.91 Å². The number of benzene rings is 1. The number of fused-ring (bicyclic) bond motifs is 2. The molecule has 1 aliphatic heterocycles. The van der Waals surface area contributed by atoms with Crippen molar-refractivity contribution < 1.29 is 9.53 Å². The number of carbonyl (C=O) groups excluding carboxylic acids is 1. The Labute approximate surface area is 145 Å². The quantitative estimate of drug-likeness (QED) is 0.713. The predicted octanol–water partition coefficient (Wildman–Crippen LogP) is 1.09. The Kier molecular flexibility index (Phi) is 3.76. The molecule has 0 spiro atoms. The highest BCUT2D eigenvalue weighted by molar-refractivity contribution is 6.05. The molecule has 8 heteroatoms. The molecule has 1 amide bonds. The fraction of sp³-hybridized carbons (Fsp3) is 0.412. The van der Waals surface area contributed by atoms with E-state index in [9.17, 15) is 4.79 Å². The van der Waals surface area contributed by atoms with Crippen LogP contribution in [-0.4, -0.2) is 55.8 Å². The fourth-order valence-corrected chi connectivity index (χ4v) is 3.55. The van der Waals surface area contributed by atoms with Crippen LogP contribution in [0.25, 0.3) is 10.9 Å². The van der Waals surface area contributed by atoms with Crippen LogP contribution in [0.3, 0.4) is 0 Å². The van der Waals surface area contributed by atoms with Crippen LogP contribution in [0.1, 0.15) is 27.9 Å². The highest BCUT2D eigenvalue weighted by Gasteiger charge is 2.36. The van der Waals surface area contributed by atoms with E-state index < -0.39 is 0 Å². The number of aryl methyl sites for hydroxylation is 2. The Hall–Kier alpha value is -2.74. The van der Waals surface area contributed by atoms with E-state index in [0.29, 0.717) is 18.8 Å². The summed E-state index contributed by atoms with van der Waals surface area (Å²) >= 11 is 0. The molecule has 8 nitrogen and oxygen atoms in total. The van der Waals surface area contributed by atoms with Crippen molar-refractivity contribution in [2.75, 3.05) is 20.3 Å². The number of ether oxygens (including phenoxy) is 1. The van der Waals surface area contributed by atoms with E-state index in [-0.39, 0.29) is 11.9 Å². The fourth-order valence-electron chi connectivity index (χ4n) is 3.55. The molecule has 0 bridgehead atoms. The second kappa shape index (κ2) is 5.96. The van der Waals surface area contributed by atoms with Gasteiger partial charge >= 0.3 is 0 Å². The number of carbonyl (C=O) groups is 1. The molecule has 0 saturated heterocycles. The molecule has 130 valence electrons. The van der Waals surface area contributed by atoms with Crippen LogP contribution in [0, 0.1) is 0 Å². The first-order chi connectivity index (χ1) is 12.1. The molecular formula is C17H20N6O2. The third-order valence-corrected chi connectivity index (χ3v) is 4.80. The Morgan fingerprint density at radius 1 is 1.28 bits per heavy atom. The van der Waals surface area contributed by atoms with E-state index in [1.165, 1.54) is 0 Å². The largest absolute Gasteiger partial charge is 0.382 e. The highest BCUT2D eigenvalue weighted by atomic mass is 16.5. The van der Waals surface area contributed by atoms with Crippen LogP contribution < -0.4 is 0 Å². The van der Waals surface area contributed by atoms with Gasteiger partial charge in [0.05, 0.1) is 17.8 Å². The number of hydrogen-bond acceptors (Lipinski definition) is 5. The number of para-hydroxylation sites is 1. The van der Waals surface area contributed by atoms with Gasteiger partial charge in [-0.3, -0.25) is 14.2 Å². The summed E-state index contributed by atoms with van der Waals surface area (Å²) < 4.78 is 8.88. The maximum atomic E-state index is 13.3. The van der Waals surface area contributed by atoms with Crippen molar-refractivity contribution in [1.82, 2.24) is 29.7 Å². The first-order valence-corrected chi connectivity index (χ1v) is 8.22. The van der Waals surface area contributed by atoms with E-state index in [1.54, 1.807) is 21.4 Å². The summed E-state index contributed by atoms with van der Waals surface area (Å²) in [6.07, 6.45) is 0.718. The number of rotatable bonds is 3. The lowest BCUT2D eigenvalue weighted by atomic mass is 10.0. The molecular weight excluding hydrogens is 320 g/mol. The smallest absolute Gasteiger partial charge is 0.275 e. The van der Waals surface area contributed by atoms with Crippen molar-refractivity contribution in [3.63, 3.8) is 0 Å². The monoisotopic (exact) mass is 340 g/mol. The van der Waals surface area contributed by atoms with Crippen molar-refractivity contribution in [3.05, 3.63) is 41.3 Å². The first kappa shape index (κ1) is 15.8. The highest BCUT2D eigenvalue weighted by Crippen LogP contribution is 2.30. The van der Waals surface area contributed by atoms with E-state index in [1.807, 2.05) is 38.4 Å². The summed E-state index contributed by atoms with van der Waals surface area (Å²) in [7, 11) is 5.35. The van der Waals surface area contributed by atoms with Gasteiger partial charge in [0, 0.05) is 39.6 Å². The molecule has 1 unspecified atom stereocenters. The molecule has 0 radical (unpaired) electrons. The Bertz CT molecular complexity index is 944. The van der Waals surface area contributed by atoms with E-state index in [4.69, 9.17) is 4.74 Å². The lowest BCUT2D eigenvalue weighted by Gasteiger charge is -2.33. The number of hydrogen-bond donors (Lipinski definition) is 0. The molecule has 0 N–H and O–H groups in total. The van der Waals surface area contributed by atoms with Gasteiger partial charge in [-0.05, 0) is 6.07 Å². The topological polar surface area (TPSA) is 78.1 Å². The number of nitrogens with zero attached hydrogens (tertiary/aromatic N) is 6. The third-order valence-electron chi connectivity index (χ3n) is 4.80. The molecule has 25 heavy (non-hydrogen) atoms. The molecule has 4 rings (SSSR count). The molecule has 0 fully saturated rings. The normalized spacial score (nSPS) is 17.1. The number of amides is 1. The maximum absolute atomic E-state index is 13.3. The minimum absolute atomic E-state index is 0.102. The SMILES string of the molecule is COCC1c2nnn(C)c2CCN1C(=O)c1nn(C)c2ccccc12. The van der Waals surface area contributed by atoms with Gasteiger partial charge in [-0.25, -0.2) is 0 Å². The van der Waals surface area contributed by atoms with E-state index >= 15 is 0 Å². The zero-order valence-corrected chi connectivity index (χ0v) is 14.5. The van der Waals surface area contributed by atoms with Crippen LogP contribution in [0.4, 0.5) is 0 Å². The zero-order chi connectivity index (χ0) is 17.6. The molecule has 1 aliphatic rings. The van der Waals surface area contributed by atoms with Gasteiger partial charge in [-0.1, -0.05) is 23.4 Å². The minimum Gasteiger partial charge on any atom is -0.382 e. The van der Waals surface area contributed by atoms with E-state index in [0.717, 1.165) is 28.7 Å². The molecule has 3 aromatic rings. The summed E-state index contributed by atoms with van der Waals surface area (Å²) in [6, 6.07) is 7.50. The van der Waals surface area contributed by atoms with Crippen molar-refractivity contribution in [3.8, 4) is 0 Å². The molecule has 1 aromatic carbocycles. The summed E-state index contributed by atoms with van der Waals surface area (Å²) in [5.74, 6) is -0.102. The molecule has 0 aliphatic carbocycles. The van der Waals surface area contributed by atoms with Gasteiger partial charge in [-0.15, -0.1) is 5.10 Å². The molecule has 0 saturated carbocycles. The van der Waals surface area contributed by atoms with Crippen LogP contribution in [-0.2, 0) is 25.3 Å². The summed E-state index contributed by atoms with van der Waals surface area (Å²) in [6.45, 7) is 0.966. The zero-order valence-electron chi connectivity index (χ0n) is 14.5. The van der Waals surface area contributed by atoms with Crippen molar-refractivity contribution in [2.45, 2.75) is 12.5 Å². The summed E-state index contributed by atoms with van der Waals surface area (Å²) in [5, 5.41) is 13.7. The second-order valence-corrected chi connectivity index (χ2v) is 6.25. The van der Waals surface area contributed by atoms with Crippen LogP contribution in [0.5, 0.6) is 0 Å². The summed E-state index contributed by atoms with van der Waals surface area (Å²) in [4.78, 5) is 15.1. The Morgan fingerprint density at radius 3 is 2.88 bits per heavy atom. The van der Waals surface area contributed by atoms with Crippen molar-refractivity contribution in [2.24, 2.45) is 14.1 Å². The average molecular weight is 340 g/mol. The van der Waals surface area contributed by atoms with Crippen LogP contribution in [0.2, 0.25) is 0 Å². The average Bonchev–Trinajstić information content (AvgIpc) is 3.16. The van der Waals surface area contributed by atoms with Crippen LogP contribution in [0.15, 0.2) is 24.3 Å². The van der Waals surface area contributed by atoms with E-state index in [2.05, 4.69) is 15.4 Å². The molecule has 3 heterocycles. The number of methoxy groups -OCH3 is 1. The van der Waals surface area contributed by atoms with Crippen LogP contribution >= 0.6 is 0 Å². The predicted molar refractivity (Wildman–Crippen MR) is 91.1 cm³/mol. The van der Waals surface area contributed by atoms with Crippen molar-refractivity contribution in [1.29, 1.82) is 0 Å². The van der Waals surface area contributed by atoms with Gasteiger partial charge in [0.15, 0.2) is 5.69 Å². The second-order valence-electron chi connectivity index (χ2n) is 6.25. The van der Waals surface area contributed by atoms with Gasteiger partial charge in [0.1, 0.15) is 11.7 Å². The maximum Gasteiger partial charge on any atom is 0.275 e. The number of aromatic nitrogens is 5. The van der Waals surface area contributed by atoms with Gasteiger partial charge < -0.3 is 9.64 Å². The summed E-state index contributed by atoms with van der Waals surface area (Å²) in [5.41, 5.74) is 3.26. The standard InChI is InChI=1S/C17H20N6O2/c1-21-12-7-5-4-6-11(12)15(19-21)17(24)23-9-8-13-16(14(23)10-25-3)18-20-22(13)2/h4-7,14H,8-10H2,1-3H3. The lowest BCUT2D eigenvalue weighted by molar-refractivity contribution is 0.0486. The van der Waals surface area contributed by atoms with Crippen molar-refractivity contribution >= 4 is 16.8 Å². The van der Waals surface area contributed by atoms with Gasteiger partial charge in [0.2, 0.25) is 0 Å². The lowest BCUT2D eigenvalue weighted by Crippen LogP contribution is -2.42. The first-order valence-electron chi connectivity index (χ1n) is 8.22. The minimum atomic E-state index is -0.254. The van der Waals surface area contributed by atoms with Gasteiger partial charge in [-0.2, -0.15) is 5.10 Å². The Morgan fingerprint density at radius 2 is 2.08 bits per heavy atom. The molecule has 2 aromatic heterocycles.